The number of rotatable bonds is 5. The molecule has 0 unspecified atom stereocenters. The van der Waals surface area contributed by atoms with Crippen LogP contribution in [0.3, 0.4) is 0 Å². The van der Waals surface area contributed by atoms with Gasteiger partial charge in [-0.15, -0.1) is 10.2 Å². The van der Waals surface area contributed by atoms with Gasteiger partial charge < -0.3 is 9.15 Å². The molecule has 0 N–H and O–H groups in total. The lowest BCUT2D eigenvalue weighted by molar-refractivity contribution is 0.270. The lowest BCUT2D eigenvalue weighted by Crippen LogP contribution is -2.27. The van der Waals surface area contributed by atoms with Gasteiger partial charge in [0.15, 0.2) is 0 Å². The second-order valence-electron chi connectivity index (χ2n) is 8.34. The number of imidazole rings is 1. The van der Waals surface area contributed by atoms with E-state index in [1.807, 2.05) is 49.1 Å². The summed E-state index contributed by atoms with van der Waals surface area (Å²) in [5, 5.41) is 12.8. The maximum absolute atomic E-state index is 12.8. The molecule has 9 heteroatoms. The number of benzene rings is 1. The molecule has 4 aromatic rings. The molecule has 1 aromatic carbocycles. The largest absolute Gasteiger partial charge is 0.497 e. The third-order valence-corrected chi connectivity index (χ3v) is 6.36. The Morgan fingerprint density at radius 2 is 1.90 bits per heavy atom. The summed E-state index contributed by atoms with van der Waals surface area (Å²) in [7, 11) is 5.32. The van der Waals surface area contributed by atoms with Gasteiger partial charge in [0, 0.05) is 38.8 Å². The monoisotopic (exact) mass is 422 g/mol. The zero-order valence-corrected chi connectivity index (χ0v) is 18.0. The molecule has 0 aliphatic heterocycles. The van der Waals surface area contributed by atoms with Crippen LogP contribution in [0.25, 0.3) is 22.6 Å². The van der Waals surface area contributed by atoms with Crippen molar-refractivity contribution in [3.05, 3.63) is 46.8 Å². The van der Waals surface area contributed by atoms with Gasteiger partial charge in [0.2, 0.25) is 5.89 Å². The van der Waals surface area contributed by atoms with E-state index in [4.69, 9.17) is 9.15 Å². The third kappa shape index (κ3) is 3.54. The fourth-order valence-corrected chi connectivity index (χ4v) is 4.58. The highest BCUT2D eigenvalue weighted by molar-refractivity contribution is 5.77. The van der Waals surface area contributed by atoms with Gasteiger partial charge in [0.1, 0.15) is 11.4 Å². The van der Waals surface area contributed by atoms with Gasteiger partial charge in [-0.25, -0.2) is 4.79 Å². The van der Waals surface area contributed by atoms with Crippen molar-refractivity contribution in [2.75, 3.05) is 7.11 Å². The molecule has 0 atom stereocenters. The predicted octanol–water partition coefficient (Wildman–Crippen LogP) is 3.11. The van der Waals surface area contributed by atoms with Crippen molar-refractivity contribution in [2.45, 2.75) is 38.1 Å². The summed E-state index contributed by atoms with van der Waals surface area (Å²) >= 11 is 0. The molecule has 1 aliphatic rings. The van der Waals surface area contributed by atoms with Gasteiger partial charge in [-0.05, 0) is 49.8 Å². The number of hydrogen-bond donors (Lipinski definition) is 0. The summed E-state index contributed by atoms with van der Waals surface area (Å²) in [5.74, 6) is 2.60. The van der Waals surface area contributed by atoms with E-state index in [1.54, 1.807) is 16.4 Å². The number of fused-ring (bicyclic) bond motifs is 1. The van der Waals surface area contributed by atoms with Crippen LogP contribution in [0.15, 0.2) is 39.7 Å². The van der Waals surface area contributed by atoms with Crippen molar-refractivity contribution in [1.82, 2.24) is 29.1 Å². The molecule has 3 aromatic heterocycles. The molecule has 162 valence electrons. The van der Waals surface area contributed by atoms with Crippen molar-refractivity contribution in [3.8, 4) is 17.3 Å². The van der Waals surface area contributed by atoms with Crippen molar-refractivity contribution in [1.29, 1.82) is 0 Å². The molecule has 1 saturated carbocycles. The molecule has 0 radical (unpaired) electrons. The third-order valence-electron chi connectivity index (χ3n) is 6.36. The molecule has 3 heterocycles. The minimum Gasteiger partial charge on any atom is -0.497 e. The first-order valence-electron chi connectivity index (χ1n) is 10.6. The van der Waals surface area contributed by atoms with Crippen LogP contribution in [-0.2, 0) is 20.6 Å². The first kappa shape index (κ1) is 19.6. The molecule has 1 aliphatic carbocycles. The Hall–Kier alpha value is -3.36. The second kappa shape index (κ2) is 7.72. The lowest BCUT2D eigenvalue weighted by atomic mass is 9.82. The maximum Gasteiger partial charge on any atom is 0.328 e. The van der Waals surface area contributed by atoms with E-state index < -0.39 is 0 Å². The zero-order chi connectivity index (χ0) is 21.5. The van der Waals surface area contributed by atoms with Gasteiger partial charge >= 0.3 is 5.69 Å². The minimum absolute atomic E-state index is 0.0160. The first-order valence-corrected chi connectivity index (χ1v) is 10.6. The highest BCUT2D eigenvalue weighted by Gasteiger charge is 2.28. The molecule has 1 fully saturated rings. The first-order chi connectivity index (χ1) is 15.0. The number of hydrogen-bond acceptors (Lipinski definition) is 6. The Bertz CT molecular complexity index is 1270. The highest BCUT2D eigenvalue weighted by Crippen LogP contribution is 2.37. The van der Waals surface area contributed by atoms with Crippen LogP contribution in [0.5, 0.6) is 5.75 Å². The number of aromatic nitrogens is 6. The van der Waals surface area contributed by atoms with Crippen LogP contribution in [0.2, 0.25) is 0 Å². The van der Waals surface area contributed by atoms with E-state index in [-0.39, 0.29) is 11.6 Å². The van der Waals surface area contributed by atoms with E-state index in [9.17, 15) is 4.79 Å². The van der Waals surface area contributed by atoms with Crippen LogP contribution in [0.4, 0.5) is 0 Å². The highest BCUT2D eigenvalue weighted by atomic mass is 16.5. The van der Waals surface area contributed by atoms with Crippen molar-refractivity contribution < 1.29 is 9.15 Å². The average molecular weight is 422 g/mol. The smallest absolute Gasteiger partial charge is 0.328 e. The summed E-state index contributed by atoms with van der Waals surface area (Å²) in [6.07, 6.45) is 5.82. The Kier molecular flexibility index (Phi) is 4.88. The number of methoxy groups -OCH3 is 1. The molecular formula is C22H26N6O3. The summed E-state index contributed by atoms with van der Waals surface area (Å²) < 4.78 is 16.6. The summed E-state index contributed by atoms with van der Waals surface area (Å²) in [4.78, 5) is 12.8. The Morgan fingerprint density at radius 1 is 1.10 bits per heavy atom. The van der Waals surface area contributed by atoms with Crippen molar-refractivity contribution >= 4 is 11.0 Å². The van der Waals surface area contributed by atoms with Crippen molar-refractivity contribution in [3.63, 3.8) is 0 Å². The van der Waals surface area contributed by atoms with Gasteiger partial charge in [-0.1, -0.05) is 0 Å². The van der Waals surface area contributed by atoms with Gasteiger partial charge in [0.05, 0.1) is 18.1 Å². The van der Waals surface area contributed by atoms with E-state index in [1.165, 1.54) is 0 Å². The van der Waals surface area contributed by atoms with Crippen LogP contribution in [-0.4, -0.2) is 36.2 Å². The molecule has 0 saturated heterocycles. The van der Waals surface area contributed by atoms with E-state index in [2.05, 4.69) is 15.3 Å². The Balaban J connectivity index is 1.29. The van der Waals surface area contributed by atoms with Gasteiger partial charge in [-0.3, -0.25) is 13.8 Å². The molecular weight excluding hydrogens is 396 g/mol. The molecule has 0 spiro atoms. The number of ether oxygens (including phenoxy) is 1. The zero-order valence-electron chi connectivity index (χ0n) is 18.0. The van der Waals surface area contributed by atoms with Crippen LogP contribution < -0.4 is 10.4 Å². The molecule has 0 bridgehead atoms. The standard InChI is InChI=1S/C22H26N6O3/c1-26-11-10-17(25-26)21-24-23-20(31-21)15-6-4-14(5-7-15)13-28-19-12-16(30-3)8-9-18(19)27(2)22(28)29/h8-12,14-15H,4-7,13H2,1-3H3. The molecule has 0 amide bonds. The van der Waals surface area contributed by atoms with Crippen LogP contribution in [0, 0.1) is 5.92 Å². The van der Waals surface area contributed by atoms with E-state index in [0.29, 0.717) is 29.9 Å². The van der Waals surface area contributed by atoms with Crippen LogP contribution in [0.1, 0.15) is 37.5 Å². The van der Waals surface area contributed by atoms with E-state index in [0.717, 1.165) is 42.5 Å². The summed E-state index contributed by atoms with van der Waals surface area (Å²) in [6, 6.07) is 7.64. The van der Waals surface area contributed by atoms with Crippen molar-refractivity contribution in [2.24, 2.45) is 20.0 Å². The minimum atomic E-state index is 0.0160. The molecule has 9 nitrogen and oxygen atoms in total. The number of nitrogens with zero attached hydrogens (tertiary/aromatic N) is 6. The molecule has 5 rings (SSSR count). The SMILES string of the molecule is COc1ccc2c(c1)n(CC1CCC(c3nnc(-c4ccn(C)n4)o3)CC1)c(=O)n2C. The fraction of sp³-hybridized carbons (Fsp3) is 0.455. The average Bonchev–Trinajstić information content (AvgIpc) is 3.50. The summed E-state index contributed by atoms with van der Waals surface area (Å²) in [6.45, 7) is 0.707. The van der Waals surface area contributed by atoms with Crippen LogP contribution >= 0.6 is 0 Å². The quantitative estimate of drug-likeness (QED) is 0.491. The topological polar surface area (TPSA) is 92.9 Å². The Morgan fingerprint density at radius 3 is 2.61 bits per heavy atom. The number of aryl methyl sites for hydroxylation is 2. The predicted molar refractivity (Wildman–Crippen MR) is 115 cm³/mol. The summed E-state index contributed by atoms with van der Waals surface area (Å²) in [5.41, 5.74) is 2.56. The Labute approximate surface area is 179 Å². The van der Waals surface area contributed by atoms with E-state index >= 15 is 0 Å². The van der Waals surface area contributed by atoms with Gasteiger partial charge in [-0.2, -0.15) is 5.10 Å². The lowest BCUT2D eigenvalue weighted by Gasteiger charge is -2.26. The molecule has 31 heavy (non-hydrogen) atoms. The normalized spacial score (nSPS) is 19.2. The van der Waals surface area contributed by atoms with Gasteiger partial charge in [0.25, 0.3) is 5.89 Å². The maximum atomic E-state index is 12.8. The second-order valence-corrected chi connectivity index (χ2v) is 8.34. The fourth-order valence-electron chi connectivity index (χ4n) is 4.58.